The fourth-order valence-electron chi connectivity index (χ4n) is 5.13. The summed E-state index contributed by atoms with van der Waals surface area (Å²) >= 11 is 0. The third kappa shape index (κ3) is 4.33. The van der Waals surface area contributed by atoms with Gasteiger partial charge in [0.15, 0.2) is 17.2 Å². The van der Waals surface area contributed by atoms with Crippen LogP contribution in [0.3, 0.4) is 0 Å². The largest absolute Gasteiger partial charge is 0.485 e. The number of carbonyl (C=O) groups is 2. The smallest absolute Gasteiger partial charge is 0.235 e. The Morgan fingerprint density at radius 3 is 2.59 bits per heavy atom. The van der Waals surface area contributed by atoms with E-state index in [2.05, 4.69) is 10.3 Å². The van der Waals surface area contributed by atoms with Gasteiger partial charge in [-0.15, -0.1) is 0 Å². The van der Waals surface area contributed by atoms with Gasteiger partial charge in [-0.25, -0.2) is 23.7 Å². The van der Waals surface area contributed by atoms with Crippen LogP contribution in [0.1, 0.15) is 55.6 Å². The van der Waals surface area contributed by atoms with Crippen molar-refractivity contribution in [2.45, 2.75) is 58.5 Å². The van der Waals surface area contributed by atoms with Crippen LogP contribution in [0.15, 0.2) is 36.5 Å². The third-order valence-electron chi connectivity index (χ3n) is 7.48. The lowest BCUT2D eigenvalue weighted by Gasteiger charge is -2.18. The Labute approximate surface area is 223 Å². The van der Waals surface area contributed by atoms with E-state index in [0.29, 0.717) is 58.5 Å². The average molecular weight is 532 g/mol. The van der Waals surface area contributed by atoms with E-state index >= 15 is 0 Å². The molecule has 0 saturated heterocycles. The summed E-state index contributed by atoms with van der Waals surface area (Å²) in [7, 11) is 0. The fourth-order valence-corrected chi connectivity index (χ4v) is 5.13. The Morgan fingerprint density at radius 1 is 1.13 bits per heavy atom. The molecule has 39 heavy (non-hydrogen) atoms. The van der Waals surface area contributed by atoms with Crippen LogP contribution in [-0.2, 0) is 28.0 Å². The summed E-state index contributed by atoms with van der Waals surface area (Å²) in [6, 6.07) is 7.07. The molecule has 8 nitrogen and oxygen atoms in total. The molecule has 1 N–H and O–H groups in total. The van der Waals surface area contributed by atoms with Crippen LogP contribution in [0.2, 0.25) is 0 Å². The van der Waals surface area contributed by atoms with Crippen LogP contribution in [0.25, 0.3) is 17.2 Å². The Morgan fingerprint density at radius 2 is 1.87 bits per heavy atom. The molecule has 1 aromatic carbocycles. The van der Waals surface area contributed by atoms with Crippen molar-refractivity contribution in [2.75, 3.05) is 5.32 Å². The molecule has 10 heteroatoms. The molecule has 0 bridgehead atoms. The first-order valence-corrected chi connectivity index (χ1v) is 12.9. The van der Waals surface area contributed by atoms with E-state index in [0.717, 1.165) is 12.8 Å². The number of ether oxygens (including phenoxy) is 1. The van der Waals surface area contributed by atoms with Gasteiger partial charge >= 0.3 is 0 Å². The number of aryl methyl sites for hydroxylation is 2. The van der Waals surface area contributed by atoms with Crippen LogP contribution in [0.5, 0.6) is 5.75 Å². The van der Waals surface area contributed by atoms with Gasteiger partial charge in [0.1, 0.15) is 35.5 Å². The second-order valence-corrected chi connectivity index (χ2v) is 10.6. The second kappa shape index (κ2) is 9.21. The van der Waals surface area contributed by atoms with Crippen molar-refractivity contribution in [2.24, 2.45) is 5.92 Å². The number of carbonyl (C=O) groups excluding carboxylic acids is 2. The predicted octanol–water partition coefficient (Wildman–Crippen LogP) is 5.10. The highest BCUT2D eigenvalue weighted by Crippen LogP contribution is 2.41. The van der Waals surface area contributed by atoms with E-state index in [-0.39, 0.29) is 29.8 Å². The van der Waals surface area contributed by atoms with Crippen molar-refractivity contribution >= 4 is 23.2 Å². The summed E-state index contributed by atoms with van der Waals surface area (Å²) in [5.74, 6) is -0.0752. The summed E-state index contributed by atoms with van der Waals surface area (Å²) in [5, 5.41) is 2.88. The molecule has 0 unspecified atom stereocenters. The maximum Gasteiger partial charge on any atom is 0.235 e. The molecule has 1 saturated carbocycles. The Bertz CT molecular complexity index is 1640. The van der Waals surface area contributed by atoms with Crippen molar-refractivity contribution in [1.29, 1.82) is 0 Å². The predicted molar refractivity (Wildman–Crippen MR) is 139 cm³/mol. The summed E-state index contributed by atoms with van der Waals surface area (Å²) in [6.07, 6.45) is 4.41. The van der Waals surface area contributed by atoms with Gasteiger partial charge in [0, 0.05) is 24.1 Å². The zero-order valence-electron chi connectivity index (χ0n) is 21.8. The molecule has 4 aromatic rings. The first-order valence-electron chi connectivity index (χ1n) is 12.9. The summed E-state index contributed by atoms with van der Waals surface area (Å²) in [4.78, 5) is 39.5. The number of nitrogens with one attached hydrogen (secondary N) is 1. The molecular formula is C29H27F2N5O3. The number of halogens is 2. The monoisotopic (exact) mass is 531 g/mol. The number of hydrogen-bond acceptors (Lipinski definition) is 6. The van der Waals surface area contributed by atoms with Crippen LogP contribution in [0.4, 0.5) is 14.6 Å². The molecule has 1 aliphatic heterocycles. The number of ketones is 1. The third-order valence-corrected chi connectivity index (χ3v) is 7.48. The number of rotatable bonds is 8. The van der Waals surface area contributed by atoms with E-state index in [9.17, 15) is 18.4 Å². The van der Waals surface area contributed by atoms with Gasteiger partial charge in [0.25, 0.3) is 0 Å². The van der Waals surface area contributed by atoms with Gasteiger partial charge in [-0.05, 0) is 64.3 Å². The summed E-state index contributed by atoms with van der Waals surface area (Å²) in [5.41, 5.74) is 1.99. The number of hydrogen-bond donors (Lipinski definition) is 1. The van der Waals surface area contributed by atoms with Crippen LogP contribution < -0.4 is 10.1 Å². The molecule has 0 spiro atoms. The van der Waals surface area contributed by atoms with Crippen molar-refractivity contribution in [3.05, 3.63) is 70.7 Å². The molecule has 1 amide bonds. The van der Waals surface area contributed by atoms with Gasteiger partial charge in [-0.3, -0.25) is 14.0 Å². The standard InChI is InChI=1S/C29H27F2N5O3/c1-15-24(36-13-5-8-22(27(36)32-15)39-14-17-18(30)6-4-7-19(17)31)26-33-20(11-12-21(37)16-9-10-16)23-25(34-26)35-28(38)29(23,2)3/h4-8,13,16H,9-12,14H2,1-3H3,(H,33,34,35,38). The number of amides is 1. The van der Waals surface area contributed by atoms with Gasteiger partial charge in [-0.1, -0.05) is 6.07 Å². The van der Waals surface area contributed by atoms with Crippen molar-refractivity contribution in [1.82, 2.24) is 19.4 Å². The first kappa shape index (κ1) is 25.1. The highest BCUT2D eigenvalue weighted by Gasteiger charge is 2.43. The van der Waals surface area contributed by atoms with Crippen LogP contribution >= 0.6 is 0 Å². The fraction of sp³-hybridized carbons (Fsp3) is 0.345. The minimum Gasteiger partial charge on any atom is -0.485 e. The number of pyridine rings is 1. The lowest BCUT2D eigenvalue weighted by Crippen LogP contribution is -2.28. The number of anilines is 1. The van der Waals surface area contributed by atoms with Crippen molar-refractivity contribution in [3.63, 3.8) is 0 Å². The molecule has 2 aliphatic rings. The van der Waals surface area contributed by atoms with Crippen LogP contribution in [0, 0.1) is 24.5 Å². The highest BCUT2D eigenvalue weighted by atomic mass is 19.1. The lowest BCUT2D eigenvalue weighted by atomic mass is 9.84. The van der Waals surface area contributed by atoms with Crippen LogP contribution in [-0.4, -0.2) is 31.0 Å². The quantitative estimate of drug-likeness (QED) is 0.340. The summed E-state index contributed by atoms with van der Waals surface area (Å²) in [6.45, 7) is 5.14. The lowest BCUT2D eigenvalue weighted by molar-refractivity contribution is -0.120. The zero-order valence-corrected chi connectivity index (χ0v) is 21.8. The normalized spacial score (nSPS) is 15.9. The van der Waals surface area contributed by atoms with E-state index < -0.39 is 17.0 Å². The van der Waals surface area contributed by atoms with Crippen molar-refractivity contribution in [3.8, 4) is 17.3 Å². The molecule has 0 radical (unpaired) electrons. The molecule has 4 heterocycles. The van der Waals surface area contributed by atoms with Gasteiger partial charge in [0.2, 0.25) is 5.91 Å². The molecule has 3 aromatic heterocycles. The van der Waals surface area contributed by atoms with E-state index in [1.807, 2.05) is 13.8 Å². The van der Waals surface area contributed by atoms with Gasteiger partial charge in [-0.2, -0.15) is 0 Å². The maximum atomic E-state index is 14.1. The number of imidazole rings is 1. The minimum absolute atomic E-state index is 0.143. The molecule has 6 rings (SSSR count). The van der Waals surface area contributed by atoms with E-state index in [4.69, 9.17) is 14.7 Å². The Balaban J connectivity index is 1.40. The minimum atomic E-state index is -0.830. The summed E-state index contributed by atoms with van der Waals surface area (Å²) < 4.78 is 35.8. The number of nitrogens with zero attached hydrogens (tertiary/aromatic N) is 4. The average Bonchev–Trinajstić information content (AvgIpc) is 3.64. The van der Waals surface area contributed by atoms with Gasteiger partial charge < -0.3 is 10.1 Å². The second-order valence-electron chi connectivity index (χ2n) is 10.6. The van der Waals surface area contributed by atoms with Crippen molar-refractivity contribution < 1.29 is 23.1 Å². The molecular weight excluding hydrogens is 504 g/mol. The SMILES string of the molecule is Cc1nc2c(OCc3c(F)cccc3F)cccn2c1-c1nc(CCC(=O)C2CC2)c2c(n1)NC(=O)C2(C)C. The highest BCUT2D eigenvalue weighted by molar-refractivity contribution is 6.05. The molecule has 200 valence electrons. The number of Topliss-reactive ketones (excluding diaryl/α,β-unsaturated/α-hetero) is 1. The zero-order chi connectivity index (χ0) is 27.5. The maximum absolute atomic E-state index is 14.1. The Kier molecular flexibility index (Phi) is 5.93. The number of benzene rings is 1. The first-order chi connectivity index (χ1) is 18.6. The molecule has 1 fully saturated rings. The van der Waals surface area contributed by atoms with E-state index in [1.54, 1.807) is 29.7 Å². The molecule has 1 aliphatic carbocycles. The number of aromatic nitrogens is 4. The number of fused-ring (bicyclic) bond motifs is 2. The Hall–Kier alpha value is -4.21. The van der Waals surface area contributed by atoms with E-state index in [1.165, 1.54) is 18.2 Å². The topological polar surface area (TPSA) is 98.5 Å². The van der Waals surface area contributed by atoms with Gasteiger partial charge in [0.05, 0.1) is 22.4 Å². The molecule has 0 atom stereocenters.